The zero-order chi connectivity index (χ0) is 13.1. The number of nitrogens with one attached hydrogen (secondary N) is 1. The molecule has 1 aromatic heterocycles. The molecule has 3 rings (SSSR count). The minimum atomic E-state index is 0.375. The van der Waals surface area contributed by atoms with E-state index in [9.17, 15) is 0 Å². The van der Waals surface area contributed by atoms with Crippen molar-refractivity contribution >= 4 is 11.8 Å². The zero-order valence-electron chi connectivity index (χ0n) is 11.5. The second kappa shape index (κ2) is 6.24. The fraction of sp³-hybridized carbons (Fsp3) is 0.846. The molecule has 0 radical (unpaired) electrons. The van der Waals surface area contributed by atoms with E-state index in [0.717, 1.165) is 18.2 Å². The van der Waals surface area contributed by atoms with Crippen molar-refractivity contribution in [3.8, 4) is 0 Å². The molecule has 2 aliphatic heterocycles. The highest BCUT2D eigenvalue weighted by Crippen LogP contribution is 2.26. The number of thioether (sulfide) groups is 1. The van der Waals surface area contributed by atoms with Crippen LogP contribution in [0.2, 0.25) is 0 Å². The van der Waals surface area contributed by atoms with Crippen LogP contribution in [0.3, 0.4) is 0 Å². The van der Waals surface area contributed by atoms with E-state index in [-0.39, 0.29) is 0 Å². The van der Waals surface area contributed by atoms with Gasteiger partial charge in [-0.3, -0.25) is 0 Å². The van der Waals surface area contributed by atoms with Crippen LogP contribution in [0.1, 0.15) is 43.4 Å². The number of fused-ring (bicyclic) bond motifs is 1. The quantitative estimate of drug-likeness (QED) is 0.911. The van der Waals surface area contributed by atoms with Crippen LogP contribution in [0, 0.1) is 0 Å². The van der Waals surface area contributed by atoms with E-state index in [1.807, 2.05) is 0 Å². The third-order valence-electron chi connectivity index (χ3n) is 3.85. The molecule has 0 spiro atoms. The largest absolute Gasteiger partial charge is 0.377 e. The summed E-state index contributed by atoms with van der Waals surface area (Å²) in [5.74, 6) is 4.49. The highest BCUT2D eigenvalue weighted by molar-refractivity contribution is 7.99. The van der Waals surface area contributed by atoms with E-state index in [1.165, 1.54) is 37.2 Å². The van der Waals surface area contributed by atoms with Crippen LogP contribution < -0.4 is 5.32 Å². The van der Waals surface area contributed by atoms with Crippen LogP contribution in [-0.4, -0.2) is 39.4 Å². The summed E-state index contributed by atoms with van der Waals surface area (Å²) in [5, 5.41) is 8.31. The normalized spacial score (nSPS) is 24.4. The summed E-state index contributed by atoms with van der Waals surface area (Å²) < 4.78 is 7.19. The fourth-order valence-electron chi connectivity index (χ4n) is 2.90. The molecule has 1 aromatic rings. The smallest absolute Gasteiger partial charge is 0.176 e. The Balaban J connectivity index is 1.70. The molecule has 6 heteroatoms. The lowest BCUT2D eigenvalue weighted by atomic mass is 10.0. The molecule has 0 amide bonds. The Bertz CT molecular complexity index is 417. The summed E-state index contributed by atoms with van der Waals surface area (Å²) >= 11 is 2.07. The average molecular weight is 282 g/mol. The van der Waals surface area contributed by atoms with Gasteiger partial charge in [-0.15, -0.1) is 0 Å². The van der Waals surface area contributed by atoms with Crippen LogP contribution in [-0.2, 0) is 17.9 Å². The first kappa shape index (κ1) is 13.4. The Hall–Kier alpha value is -0.590. The third kappa shape index (κ3) is 3.12. The molecule has 106 valence electrons. The minimum Gasteiger partial charge on any atom is -0.377 e. The van der Waals surface area contributed by atoms with Crippen molar-refractivity contribution in [3.63, 3.8) is 0 Å². The Morgan fingerprint density at radius 1 is 1.37 bits per heavy atom. The summed E-state index contributed by atoms with van der Waals surface area (Å²) in [5.41, 5.74) is 0. The maximum atomic E-state index is 5.13. The number of nitrogens with zero attached hydrogens (tertiary/aromatic N) is 3. The Morgan fingerprint density at radius 3 is 3.00 bits per heavy atom. The van der Waals surface area contributed by atoms with Crippen LogP contribution in [0.15, 0.2) is 0 Å². The van der Waals surface area contributed by atoms with Crippen molar-refractivity contribution in [1.82, 2.24) is 20.1 Å². The van der Waals surface area contributed by atoms with Gasteiger partial charge >= 0.3 is 0 Å². The number of ether oxygens (including phenoxy) is 1. The molecule has 1 fully saturated rings. The van der Waals surface area contributed by atoms with E-state index < -0.39 is 0 Å². The second-order valence-electron chi connectivity index (χ2n) is 5.29. The van der Waals surface area contributed by atoms with Crippen LogP contribution in [0.4, 0.5) is 0 Å². The number of methoxy groups -OCH3 is 1. The molecule has 1 saturated heterocycles. The standard InChI is InChI=1S/C13H22N4OS/c1-18-9-12-15-13-11(3-2-6-17(13)16-12)14-10-4-7-19-8-5-10/h10-11,14H,2-9H2,1H3/t11-/m0/s1. The predicted molar refractivity (Wildman–Crippen MR) is 76.2 cm³/mol. The number of aromatic nitrogens is 3. The van der Waals surface area contributed by atoms with Crippen LogP contribution in [0.25, 0.3) is 0 Å². The summed E-state index contributed by atoms with van der Waals surface area (Å²) in [7, 11) is 1.69. The van der Waals surface area contributed by atoms with Gasteiger partial charge in [0.2, 0.25) is 0 Å². The van der Waals surface area contributed by atoms with E-state index in [2.05, 4.69) is 31.8 Å². The van der Waals surface area contributed by atoms with Crippen LogP contribution >= 0.6 is 11.8 Å². The highest BCUT2D eigenvalue weighted by Gasteiger charge is 2.26. The van der Waals surface area contributed by atoms with Crippen molar-refractivity contribution in [1.29, 1.82) is 0 Å². The fourth-order valence-corrected chi connectivity index (χ4v) is 4.00. The molecule has 0 saturated carbocycles. The summed E-state index contributed by atoms with van der Waals surface area (Å²) in [6.45, 7) is 1.50. The van der Waals surface area contributed by atoms with Gasteiger partial charge in [-0.05, 0) is 37.2 Å². The molecule has 0 aliphatic carbocycles. The maximum Gasteiger partial charge on any atom is 0.176 e. The van der Waals surface area contributed by atoms with Gasteiger partial charge in [0, 0.05) is 19.7 Å². The molecule has 1 N–H and O–H groups in total. The van der Waals surface area contributed by atoms with Gasteiger partial charge in [-0.25, -0.2) is 9.67 Å². The lowest BCUT2D eigenvalue weighted by molar-refractivity contribution is 0.177. The number of hydrogen-bond acceptors (Lipinski definition) is 5. The van der Waals surface area contributed by atoms with E-state index in [0.29, 0.717) is 18.7 Å². The van der Waals surface area contributed by atoms with Gasteiger partial charge in [0.15, 0.2) is 5.82 Å². The highest BCUT2D eigenvalue weighted by atomic mass is 32.2. The molecule has 2 aliphatic rings. The first-order valence-electron chi connectivity index (χ1n) is 7.13. The molecular weight excluding hydrogens is 260 g/mol. The Kier molecular flexibility index (Phi) is 4.40. The Morgan fingerprint density at radius 2 is 2.21 bits per heavy atom. The van der Waals surface area contributed by atoms with Gasteiger partial charge in [0.25, 0.3) is 0 Å². The van der Waals surface area contributed by atoms with Gasteiger partial charge in [-0.2, -0.15) is 16.9 Å². The maximum absolute atomic E-state index is 5.13. The zero-order valence-corrected chi connectivity index (χ0v) is 12.3. The van der Waals surface area contributed by atoms with E-state index in [4.69, 9.17) is 4.74 Å². The molecular formula is C13H22N4OS. The number of hydrogen-bond donors (Lipinski definition) is 1. The molecule has 3 heterocycles. The average Bonchev–Trinajstić information content (AvgIpc) is 2.84. The van der Waals surface area contributed by atoms with Crippen molar-refractivity contribution in [2.45, 2.75) is 50.9 Å². The summed E-state index contributed by atoms with van der Waals surface area (Å²) in [6.07, 6.45) is 4.91. The summed E-state index contributed by atoms with van der Waals surface area (Å²) in [6, 6.07) is 1.03. The lowest BCUT2D eigenvalue weighted by Crippen LogP contribution is -2.38. The summed E-state index contributed by atoms with van der Waals surface area (Å²) in [4.78, 5) is 4.65. The first-order chi connectivity index (χ1) is 9.36. The van der Waals surface area contributed by atoms with Crippen molar-refractivity contribution < 1.29 is 4.74 Å². The van der Waals surface area contributed by atoms with Gasteiger partial charge in [0.1, 0.15) is 12.4 Å². The molecule has 0 bridgehead atoms. The monoisotopic (exact) mass is 282 g/mol. The molecule has 1 atom stereocenters. The number of aryl methyl sites for hydroxylation is 1. The van der Waals surface area contributed by atoms with E-state index in [1.54, 1.807) is 7.11 Å². The third-order valence-corrected chi connectivity index (χ3v) is 4.90. The predicted octanol–water partition coefficient (Wildman–Crippen LogP) is 1.74. The molecule has 0 unspecified atom stereocenters. The number of rotatable bonds is 4. The molecule has 0 aromatic carbocycles. The van der Waals surface area contributed by atoms with Gasteiger partial charge in [-0.1, -0.05) is 0 Å². The molecule has 19 heavy (non-hydrogen) atoms. The van der Waals surface area contributed by atoms with Crippen molar-refractivity contribution in [2.24, 2.45) is 0 Å². The second-order valence-corrected chi connectivity index (χ2v) is 6.52. The van der Waals surface area contributed by atoms with Crippen molar-refractivity contribution in [3.05, 3.63) is 11.6 Å². The minimum absolute atomic E-state index is 0.375. The van der Waals surface area contributed by atoms with E-state index >= 15 is 0 Å². The van der Waals surface area contributed by atoms with Gasteiger partial charge in [0.05, 0.1) is 6.04 Å². The topological polar surface area (TPSA) is 52.0 Å². The lowest BCUT2D eigenvalue weighted by Gasteiger charge is -2.30. The molecule has 5 nitrogen and oxygen atoms in total. The Labute approximate surface area is 118 Å². The van der Waals surface area contributed by atoms with Crippen molar-refractivity contribution in [2.75, 3.05) is 18.6 Å². The van der Waals surface area contributed by atoms with Crippen LogP contribution in [0.5, 0.6) is 0 Å². The van der Waals surface area contributed by atoms with Gasteiger partial charge < -0.3 is 10.1 Å². The first-order valence-corrected chi connectivity index (χ1v) is 8.28. The SMILES string of the molecule is COCc1nc2n(n1)CCC[C@@H]2NC1CCSCC1.